The Kier molecular flexibility index (Phi) is 7.25. The van der Waals surface area contributed by atoms with Crippen molar-refractivity contribution in [2.45, 2.75) is 20.8 Å². The van der Waals surface area contributed by atoms with Crippen LogP contribution in [0.3, 0.4) is 0 Å². The topological polar surface area (TPSA) is 75.7 Å². The number of aryl methyl sites for hydroxylation is 1. The van der Waals surface area contributed by atoms with Gasteiger partial charge in [-0.2, -0.15) is 0 Å². The van der Waals surface area contributed by atoms with E-state index in [1.54, 1.807) is 24.0 Å². The van der Waals surface area contributed by atoms with Crippen molar-refractivity contribution in [2.75, 3.05) is 26.7 Å². The maximum atomic E-state index is 12.6. The molecule has 1 N–H and O–H groups in total. The Bertz CT molecular complexity index is 554. The lowest BCUT2D eigenvalue weighted by Crippen LogP contribution is -2.41. The normalized spacial score (nSPS) is 11.5. The number of nitrogens with one attached hydrogen (secondary N) is 1. The summed E-state index contributed by atoms with van der Waals surface area (Å²) in [6.45, 7) is 5.97. The second-order valence-corrected chi connectivity index (χ2v) is 5.52. The van der Waals surface area contributed by atoms with Crippen LogP contribution >= 0.6 is 0 Å². The molecule has 0 spiro atoms. The number of nitrogens with zero attached hydrogens (tertiary/aromatic N) is 1. The summed E-state index contributed by atoms with van der Waals surface area (Å²) in [5, 5.41) is 2.66. The van der Waals surface area contributed by atoms with E-state index in [0.717, 1.165) is 5.56 Å². The lowest BCUT2D eigenvalue weighted by molar-refractivity contribution is -0.145. The minimum Gasteiger partial charge on any atom is -0.469 e. The Morgan fingerprint density at radius 3 is 2.35 bits per heavy atom. The Balaban J connectivity index is 2.83. The molecule has 0 aliphatic rings. The fourth-order valence-corrected chi connectivity index (χ4v) is 2.13. The predicted molar refractivity (Wildman–Crippen MR) is 86.9 cm³/mol. The van der Waals surface area contributed by atoms with Gasteiger partial charge in [0.2, 0.25) is 5.91 Å². The molecule has 0 aromatic heterocycles. The van der Waals surface area contributed by atoms with Crippen molar-refractivity contribution in [1.82, 2.24) is 10.2 Å². The maximum Gasteiger partial charge on any atom is 0.310 e. The van der Waals surface area contributed by atoms with E-state index in [9.17, 15) is 14.4 Å². The van der Waals surface area contributed by atoms with Crippen LogP contribution in [0, 0.1) is 12.8 Å². The zero-order chi connectivity index (χ0) is 17.4. The Morgan fingerprint density at radius 1 is 1.22 bits per heavy atom. The van der Waals surface area contributed by atoms with Crippen LogP contribution in [0.5, 0.6) is 0 Å². The molecule has 0 saturated heterocycles. The molecule has 2 amide bonds. The summed E-state index contributed by atoms with van der Waals surface area (Å²) in [7, 11) is 1.32. The van der Waals surface area contributed by atoms with Crippen LogP contribution in [0.4, 0.5) is 0 Å². The van der Waals surface area contributed by atoms with Gasteiger partial charge < -0.3 is 15.0 Å². The summed E-state index contributed by atoms with van der Waals surface area (Å²) in [6.07, 6.45) is 0. The second-order valence-electron chi connectivity index (χ2n) is 5.52. The highest BCUT2D eigenvalue weighted by molar-refractivity contribution is 5.94. The molecule has 0 fully saturated rings. The van der Waals surface area contributed by atoms with E-state index in [0.29, 0.717) is 18.7 Å². The number of methoxy groups -OCH3 is 1. The van der Waals surface area contributed by atoms with E-state index in [1.807, 2.05) is 19.1 Å². The highest BCUT2D eigenvalue weighted by Gasteiger charge is 2.22. The largest absolute Gasteiger partial charge is 0.469 e. The van der Waals surface area contributed by atoms with Gasteiger partial charge in [0.15, 0.2) is 0 Å². The van der Waals surface area contributed by atoms with Crippen molar-refractivity contribution in [3.8, 4) is 0 Å². The molecule has 1 aromatic carbocycles. The number of esters is 1. The molecule has 1 aromatic rings. The van der Waals surface area contributed by atoms with Gasteiger partial charge in [-0.25, -0.2) is 0 Å². The molecule has 6 nitrogen and oxygen atoms in total. The molecular weight excluding hydrogens is 296 g/mol. The summed E-state index contributed by atoms with van der Waals surface area (Å²) in [5.41, 5.74) is 1.62. The molecule has 0 bridgehead atoms. The number of rotatable bonds is 7. The molecule has 1 rings (SSSR count). The molecule has 0 radical (unpaired) electrons. The third-order valence-electron chi connectivity index (χ3n) is 3.44. The molecule has 6 heteroatoms. The van der Waals surface area contributed by atoms with Gasteiger partial charge in [-0.1, -0.05) is 24.6 Å². The van der Waals surface area contributed by atoms with Gasteiger partial charge in [0, 0.05) is 32.1 Å². The number of benzene rings is 1. The van der Waals surface area contributed by atoms with E-state index in [2.05, 4.69) is 5.32 Å². The van der Waals surface area contributed by atoms with Crippen molar-refractivity contribution < 1.29 is 19.1 Å². The molecule has 23 heavy (non-hydrogen) atoms. The van der Waals surface area contributed by atoms with E-state index in [1.165, 1.54) is 14.0 Å². The number of ether oxygens (including phenoxy) is 1. The SMILES string of the molecule is COC(=O)C(C)CN(CCNC(C)=O)C(=O)c1ccc(C)cc1. The minimum absolute atomic E-state index is 0.159. The molecule has 0 saturated carbocycles. The van der Waals surface area contributed by atoms with Crippen molar-refractivity contribution in [1.29, 1.82) is 0 Å². The molecule has 0 aliphatic heterocycles. The molecule has 1 atom stereocenters. The lowest BCUT2D eigenvalue weighted by Gasteiger charge is -2.25. The van der Waals surface area contributed by atoms with Crippen molar-refractivity contribution in [3.63, 3.8) is 0 Å². The zero-order valence-electron chi connectivity index (χ0n) is 14.1. The van der Waals surface area contributed by atoms with Gasteiger partial charge in [-0.15, -0.1) is 0 Å². The third kappa shape index (κ3) is 6.10. The van der Waals surface area contributed by atoms with Crippen LogP contribution in [0.15, 0.2) is 24.3 Å². The first-order chi connectivity index (χ1) is 10.8. The van der Waals surface area contributed by atoms with Crippen LogP contribution in [0.2, 0.25) is 0 Å². The fourth-order valence-electron chi connectivity index (χ4n) is 2.13. The summed E-state index contributed by atoms with van der Waals surface area (Å²) in [4.78, 5) is 36.8. The van der Waals surface area contributed by atoms with Crippen LogP contribution in [-0.4, -0.2) is 49.4 Å². The van der Waals surface area contributed by atoms with Crippen molar-refractivity contribution in [3.05, 3.63) is 35.4 Å². The van der Waals surface area contributed by atoms with Crippen LogP contribution < -0.4 is 5.32 Å². The van der Waals surface area contributed by atoms with Crippen LogP contribution in [0.25, 0.3) is 0 Å². The summed E-state index contributed by atoms with van der Waals surface area (Å²) in [6, 6.07) is 7.24. The Labute approximate surface area is 136 Å². The number of amides is 2. The standard InChI is InChI=1S/C17H24N2O4/c1-12-5-7-15(8-6-12)16(21)19(10-9-18-14(3)20)11-13(2)17(22)23-4/h5-8,13H,9-11H2,1-4H3,(H,18,20). The molecule has 1 unspecified atom stereocenters. The first kappa shape index (κ1) is 18.7. The number of hydrogen-bond donors (Lipinski definition) is 1. The quantitative estimate of drug-likeness (QED) is 0.770. The van der Waals surface area contributed by atoms with Crippen molar-refractivity contribution in [2.24, 2.45) is 5.92 Å². The molecule has 0 heterocycles. The number of hydrogen-bond acceptors (Lipinski definition) is 4. The first-order valence-corrected chi connectivity index (χ1v) is 7.53. The van der Waals surface area contributed by atoms with Crippen LogP contribution in [0.1, 0.15) is 29.8 Å². The van der Waals surface area contributed by atoms with Gasteiger partial charge in [0.25, 0.3) is 5.91 Å². The average molecular weight is 320 g/mol. The summed E-state index contributed by atoms with van der Waals surface area (Å²) >= 11 is 0. The van der Waals surface area contributed by atoms with Gasteiger partial charge in [-0.05, 0) is 19.1 Å². The van der Waals surface area contributed by atoms with Crippen molar-refractivity contribution >= 4 is 17.8 Å². The average Bonchev–Trinajstić information content (AvgIpc) is 2.52. The molecule has 126 valence electrons. The predicted octanol–water partition coefficient (Wildman–Crippen LogP) is 1.38. The minimum atomic E-state index is -0.438. The van der Waals surface area contributed by atoms with Gasteiger partial charge >= 0.3 is 5.97 Å². The van der Waals surface area contributed by atoms with Gasteiger partial charge in [-0.3, -0.25) is 14.4 Å². The maximum absolute atomic E-state index is 12.6. The molecular formula is C17H24N2O4. The zero-order valence-corrected chi connectivity index (χ0v) is 14.1. The van der Waals surface area contributed by atoms with Crippen LogP contribution in [-0.2, 0) is 14.3 Å². The third-order valence-corrected chi connectivity index (χ3v) is 3.44. The number of carbonyl (C=O) groups is 3. The number of carbonyl (C=O) groups excluding carboxylic acids is 3. The monoisotopic (exact) mass is 320 g/mol. The fraction of sp³-hybridized carbons (Fsp3) is 0.471. The highest BCUT2D eigenvalue weighted by atomic mass is 16.5. The lowest BCUT2D eigenvalue weighted by atomic mass is 10.1. The summed E-state index contributed by atoms with van der Waals surface area (Å²) < 4.78 is 4.71. The highest BCUT2D eigenvalue weighted by Crippen LogP contribution is 2.10. The van der Waals surface area contributed by atoms with E-state index < -0.39 is 5.92 Å². The van der Waals surface area contributed by atoms with E-state index in [4.69, 9.17) is 4.74 Å². The Morgan fingerprint density at radius 2 is 1.83 bits per heavy atom. The smallest absolute Gasteiger partial charge is 0.310 e. The van der Waals surface area contributed by atoms with E-state index >= 15 is 0 Å². The first-order valence-electron chi connectivity index (χ1n) is 7.53. The summed E-state index contributed by atoms with van der Waals surface area (Å²) in [5.74, 6) is -1.14. The van der Waals surface area contributed by atoms with E-state index in [-0.39, 0.29) is 24.3 Å². The van der Waals surface area contributed by atoms with Gasteiger partial charge in [0.1, 0.15) is 0 Å². The Hall–Kier alpha value is -2.37. The molecule has 0 aliphatic carbocycles. The van der Waals surface area contributed by atoms with Gasteiger partial charge in [0.05, 0.1) is 13.0 Å². The second kappa shape index (κ2) is 8.92.